The number of amides is 1. The standard InChI is InChI=1S/C15H18N2OS/c1-11(2)8-14(18)17-15-16-10-13(19-15)9-12-6-4-3-5-7-12/h3-7,10-11H,8-9H2,1-2H3,(H,16,17,18). The van der Waals surface area contributed by atoms with Gasteiger partial charge in [-0.2, -0.15) is 0 Å². The summed E-state index contributed by atoms with van der Waals surface area (Å²) >= 11 is 1.54. The summed E-state index contributed by atoms with van der Waals surface area (Å²) in [5.41, 5.74) is 1.26. The molecule has 1 amide bonds. The van der Waals surface area contributed by atoms with E-state index in [0.29, 0.717) is 17.5 Å². The third kappa shape index (κ3) is 4.48. The molecule has 0 saturated heterocycles. The molecule has 0 aliphatic carbocycles. The van der Waals surface area contributed by atoms with E-state index >= 15 is 0 Å². The Morgan fingerprint density at radius 2 is 2.05 bits per heavy atom. The van der Waals surface area contributed by atoms with E-state index in [1.807, 2.05) is 38.2 Å². The molecule has 1 aromatic heterocycles. The monoisotopic (exact) mass is 274 g/mol. The van der Waals surface area contributed by atoms with E-state index in [2.05, 4.69) is 22.4 Å². The molecule has 0 unspecified atom stereocenters. The summed E-state index contributed by atoms with van der Waals surface area (Å²) in [6.45, 7) is 4.06. The normalized spacial score (nSPS) is 10.7. The first-order valence-corrected chi connectivity index (χ1v) is 7.23. The second kappa shape index (κ2) is 6.48. The molecule has 1 N–H and O–H groups in total. The number of nitrogens with one attached hydrogen (secondary N) is 1. The fourth-order valence-corrected chi connectivity index (χ4v) is 2.65. The van der Waals surface area contributed by atoms with Crippen LogP contribution in [0.5, 0.6) is 0 Å². The number of carbonyl (C=O) groups is 1. The van der Waals surface area contributed by atoms with Crippen molar-refractivity contribution in [1.82, 2.24) is 4.98 Å². The lowest BCUT2D eigenvalue weighted by molar-refractivity contribution is -0.116. The highest BCUT2D eigenvalue weighted by molar-refractivity contribution is 7.15. The number of aromatic nitrogens is 1. The topological polar surface area (TPSA) is 42.0 Å². The minimum absolute atomic E-state index is 0.0376. The van der Waals surface area contributed by atoms with Crippen LogP contribution >= 0.6 is 11.3 Å². The Morgan fingerprint density at radius 3 is 2.74 bits per heavy atom. The molecule has 2 rings (SSSR count). The maximum Gasteiger partial charge on any atom is 0.226 e. The van der Waals surface area contributed by atoms with Crippen LogP contribution in [-0.4, -0.2) is 10.9 Å². The van der Waals surface area contributed by atoms with Gasteiger partial charge in [-0.3, -0.25) is 4.79 Å². The number of thiazole rings is 1. The molecule has 0 atom stereocenters. The Kier molecular flexibility index (Phi) is 4.68. The van der Waals surface area contributed by atoms with Crippen molar-refractivity contribution in [2.45, 2.75) is 26.7 Å². The molecule has 0 fully saturated rings. The summed E-state index contributed by atoms with van der Waals surface area (Å²) in [5, 5.41) is 3.54. The van der Waals surface area contributed by atoms with Crippen LogP contribution in [-0.2, 0) is 11.2 Å². The lowest BCUT2D eigenvalue weighted by Gasteiger charge is -2.03. The zero-order valence-corrected chi connectivity index (χ0v) is 12.0. The highest BCUT2D eigenvalue weighted by Gasteiger charge is 2.08. The van der Waals surface area contributed by atoms with Gasteiger partial charge in [0.1, 0.15) is 0 Å². The van der Waals surface area contributed by atoms with Crippen LogP contribution in [0, 0.1) is 5.92 Å². The molecule has 1 aromatic carbocycles. The van der Waals surface area contributed by atoms with Gasteiger partial charge in [0.25, 0.3) is 0 Å². The Morgan fingerprint density at radius 1 is 1.32 bits per heavy atom. The highest BCUT2D eigenvalue weighted by atomic mass is 32.1. The number of nitrogens with zero attached hydrogens (tertiary/aromatic N) is 1. The van der Waals surface area contributed by atoms with Gasteiger partial charge in [0.15, 0.2) is 5.13 Å². The SMILES string of the molecule is CC(C)CC(=O)Nc1ncc(Cc2ccccc2)s1. The van der Waals surface area contributed by atoms with Gasteiger partial charge < -0.3 is 5.32 Å². The van der Waals surface area contributed by atoms with Crippen molar-refractivity contribution >= 4 is 22.4 Å². The molecule has 0 saturated carbocycles. The molecule has 19 heavy (non-hydrogen) atoms. The van der Waals surface area contributed by atoms with E-state index in [-0.39, 0.29) is 5.91 Å². The van der Waals surface area contributed by atoms with Gasteiger partial charge in [-0.1, -0.05) is 44.2 Å². The Hall–Kier alpha value is -1.68. The van der Waals surface area contributed by atoms with Crippen molar-refractivity contribution < 1.29 is 4.79 Å². The van der Waals surface area contributed by atoms with Gasteiger partial charge in [-0.05, 0) is 11.5 Å². The summed E-state index contributed by atoms with van der Waals surface area (Å²) in [7, 11) is 0. The van der Waals surface area contributed by atoms with Crippen molar-refractivity contribution in [2.24, 2.45) is 5.92 Å². The van der Waals surface area contributed by atoms with Gasteiger partial charge in [0.05, 0.1) is 0 Å². The minimum atomic E-state index is 0.0376. The third-order valence-corrected chi connectivity index (χ3v) is 3.53. The fraction of sp³-hybridized carbons (Fsp3) is 0.333. The summed E-state index contributed by atoms with van der Waals surface area (Å²) in [5.74, 6) is 0.402. The number of hydrogen-bond donors (Lipinski definition) is 1. The molecule has 0 aliphatic heterocycles. The first kappa shape index (κ1) is 13.7. The van der Waals surface area contributed by atoms with E-state index in [1.165, 1.54) is 5.56 Å². The average Bonchev–Trinajstić information content (AvgIpc) is 2.76. The van der Waals surface area contributed by atoms with Crippen LogP contribution in [0.3, 0.4) is 0 Å². The van der Waals surface area contributed by atoms with Gasteiger partial charge in [-0.25, -0.2) is 4.98 Å². The van der Waals surface area contributed by atoms with Gasteiger partial charge >= 0.3 is 0 Å². The summed E-state index contributed by atoms with van der Waals surface area (Å²) in [6, 6.07) is 10.3. The maximum atomic E-state index is 11.6. The zero-order chi connectivity index (χ0) is 13.7. The molecule has 4 heteroatoms. The quantitative estimate of drug-likeness (QED) is 0.903. The molecule has 0 spiro atoms. The van der Waals surface area contributed by atoms with Gasteiger partial charge in [0.2, 0.25) is 5.91 Å². The second-order valence-electron chi connectivity index (χ2n) is 4.94. The molecule has 0 radical (unpaired) electrons. The number of carbonyl (C=O) groups excluding carboxylic acids is 1. The van der Waals surface area contributed by atoms with Crippen LogP contribution < -0.4 is 5.32 Å². The molecular weight excluding hydrogens is 256 g/mol. The van der Waals surface area contributed by atoms with Crippen LogP contribution in [0.2, 0.25) is 0 Å². The Labute approximate surface area is 117 Å². The van der Waals surface area contributed by atoms with E-state index in [9.17, 15) is 4.79 Å². The number of hydrogen-bond acceptors (Lipinski definition) is 3. The average molecular weight is 274 g/mol. The highest BCUT2D eigenvalue weighted by Crippen LogP contribution is 2.21. The minimum Gasteiger partial charge on any atom is -0.302 e. The number of anilines is 1. The summed E-state index contributed by atoms with van der Waals surface area (Å²) in [4.78, 5) is 17.1. The van der Waals surface area contributed by atoms with Gasteiger partial charge in [0, 0.05) is 23.9 Å². The number of benzene rings is 1. The van der Waals surface area contributed by atoms with Crippen molar-refractivity contribution in [3.8, 4) is 0 Å². The van der Waals surface area contributed by atoms with E-state index in [0.717, 1.165) is 11.3 Å². The fourth-order valence-electron chi connectivity index (χ4n) is 1.79. The summed E-state index contributed by atoms with van der Waals surface area (Å²) in [6.07, 6.45) is 3.23. The Balaban J connectivity index is 1.94. The van der Waals surface area contributed by atoms with Crippen molar-refractivity contribution in [2.75, 3.05) is 5.32 Å². The predicted octanol–water partition coefficient (Wildman–Crippen LogP) is 3.72. The van der Waals surface area contributed by atoms with E-state index in [1.54, 1.807) is 11.3 Å². The van der Waals surface area contributed by atoms with Gasteiger partial charge in [-0.15, -0.1) is 11.3 Å². The smallest absolute Gasteiger partial charge is 0.226 e. The summed E-state index contributed by atoms with van der Waals surface area (Å²) < 4.78 is 0. The maximum absolute atomic E-state index is 11.6. The lowest BCUT2D eigenvalue weighted by atomic mass is 10.1. The molecule has 2 aromatic rings. The first-order chi connectivity index (χ1) is 9.13. The van der Waals surface area contributed by atoms with Crippen LogP contribution in [0.15, 0.2) is 36.5 Å². The van der Waals surface area contributed by atoms with Crippen LogP contribution in [0.25, 0.3) is 0 Å². The van der Waals surface area contributed by atoms with Crippen molar-refractivity contribution in [1.29, 1.82) is 0 Å². The van der Waals surface area contributed by atoms with Crippen molar-refractivity contribution in [3.05, 3.63) is 47.0 Å². The molecule has 1 heterocycles. The van der Waals surface area contributed by atoms with Crippen LogP contribution in [0.4, 0.5) is 5.13 Å². The molecule has 0 aliphatic rings. The number of rotatable bonds is 5. The van der Waals surface area contributed by atoms with Crippen molar-refractivity contribution in [3.63, 3.8) is 0 Å². The van der Waals surface area contributed by atoms with E-state index in [4.69, 9.17) is 0 Å². The third-order valence-electron chi connectivity index (χ3n) is 2.61. The molecule has 3 nitrogen and oxygen atoms in total. The zero-order valence-electron chi connectivity index (χ0n) is 11.2. The van der Waals surface area contributed by atoms with E-state index < -0.39 is 0 Å². The molecule has 100 valence electrons. The van der Waals surface area contributed by atoms with Crippen LogP contribution in [0.1, 0.15) is 30.7 Å². The molecular formula is C15H18N2OS. The second-order valence-corrected chi connectivity index (χ2v) is 6.06. The first-order valence-electron chi connectivity index (χ1n) is 6.42. The predicted molar refractivity (Wildman–Crippen MR) is 79.4 cm³/mol. The Bertz CT molecular complexity index is 534. The molecule has 0 bridgehead atoms. The lowest BCUT2D eigenvalue weighted by Crippen LogP contribution is -2.13. The largest absolute Gasteiger partial charge is 0.302 e.